The third kappa shape index (κ3) is 4.93. The number of benzene rings is 2. The van der Waals surface area contributed by atoms with Crippen molar-refractivity contribution < 1.29 is 13.6 Å². The van der Waals surface area contributed by atoms with Crippen LogP contribution in [0.5, 0.6) is 0 Å². The van der Waals surface area contributed by atoms with Gasteiger partial charge in [-0.05, 0) is 62.4 Å². The Kier molecular flexibility index (Phi) is 5.81. The van der Waals surface area contributed by atoms with Crippen LogP contribution >= 0.6 is 0 Å². The number of carbonyl (C=O) groups is 1. The van der Waals surface area contributed by atoms with Gasteiger partial charge in [-0.3, -0.25) is 9.69 Å². The molecule has 0 spiro atoms. The number of anilines is 2. The first kappa shape index (κ1) is 19.8. The minimum Gasteiger partial charge on any atom is -0.372 e. The summed E-state index contributed by atoms with van der Waals surface area (Å²) in [7, 11) is 0. The van der Waals surface area contributed by atoms with Gasteiger partial charge < -0.3 is 10.2 Å². The number of amides is 1. The molecule has 1 aliphatic carbocycles. The van der Waals surface area contributed by atoms with Gasteiger partial charge >= 0.3 is 0 Å². The second kappa shape index (κ2) is 8.49. The lowest BCUT2D eigenvalue weighted by Gasteiger charge is -2.23. The van der Waals surface area contributed by atoms with Gasteiger partial charge in [-0.15, -0.1) is 0 Å². The first-order valence-electron chi connectivity index (χ1n) is 10.3. The second-order valence-corrected chi connectivity index (χ2v) is 8.11. The Labute approximate surface area is 170 Å². The number of hydrogen-bond acceptors (Lipinski definition) is 3. The maximum absolute atomic E-state index is 14.0. The molecule has 0 bridgehead atoms. The number of nitrogens with zero attached hydrogens (tertiary/aromatic N) is 2. The molecule has 0 atom stereocenters. The molecule has 2 aliphatic rings. The van der Waals surface area contributed by atoms with E-state index < -0.39 is 11.6 Å². The van der Waals surface area contributed by atoms with E-state index in [4.69, 9.17) is 0 Å². The van der Waals surface area contributed by atoms with Crippen molar-refractivity contribution in [3.63, 3.8) is 0 Å². The topological polar surface area (TPSA) is 35.6 Å². The zero-order valence-electron chi connectivity index (χ0n) is 16.8. The van der Waals surface area contributed by atoms with Gasteiger partial charge in [0.15, 0.2) is 0 Å². The maximum Gasteiger partial charge on any atom is 0.238 e. The summed E-state index contributed by atoms with van der Waals surface area (Å²) in [6.07, 6.45) is 4.45. The largest absolute Gasteiger partial charge is 0.372 e. The van der Waals surface area contributed by atoms with E-state index in [1.54, 1.807) is 0 Å². The monoisotopic (exact) mass is 399 g/mol. The van der Waals surface area contributed by atoms with E-state index in [-0.39, 0.29) is 18.5 Å². The van der Waals surface area contributed by atoms with Crippen molar-refractivity contribution in [3.05, 3.63) is 59.2 Å². The summed E-state index contributed by atoms with van der Waals surface area (Å²) in [5, 5.41) is 3.00. The van der Waals surface area contributed by atoms with Crippen LogP contribution < -0.4 is 10.2 Å². The van der Waals surface area contributed by atoms with E-state index in [1.807, 2.05) is 17.9 Å². The Morgan fingerprint density at radius 2 is 1.90 bits per heavy atom. The average molecular weight is 399 g/mol. The van der Waals surface area contributed by atoms with Crippen molar-refractivity contribution in [2.45, 2.75) is 45.2 Å². The molecule has 1 aliphatic heterocycles. The van der Waals surface area contributed by atoms with Crippen LogP contribution in [0.25, 0.3) is 0 Å². The predicted molar refractivity (Wildman–Crippen MR) is 111 cm³/mol. The van der Waals surface area contributed by atoms with Crippen LogP contribution in [-0.2, 0) is 11.3 Å². The van der Waals surface area contributed by atoms with Gasteiger partial charge in [0.05, 0.1) is 6.54 Å². The molecule has 1 saturated carbocycles. The fraction of sp³-hybridized carbons (Fsp3) is 0.435. The molecule has 6 heteroatoms. The van der Waals surface area contributed by atoms with Crippen LogP contribution in [-0.4, -0.2) is 36.5 Å². The van der Waals surface area contributed by atoms with Gasteiger partial charge in [0.25, 0.3) is 0 Å². The molecule has 0 radical (unpaired) electrons. The Hall–Kier alpha value is -2.47. The van der Waals surface area contributed by atoms with Crippen molar-refractivity contribution in [1.29, 1.82) is 0 Å². The van der Waals surface area contributed by atoms with Crippen LogP contribution in [0.15, 0.2) is 36.4 Å². The Morgan fingerprint density at radius 3 is 2.55 bits per heavy atom. The molecule has 29 heavy (non-hydrogen) atoms. The molecular formula is C23H27F2N3O. The quantitative estimate of drug-likeness (QED) is 0.746. The summed E-state index contributed by atoms with van der Waals surface area (Å²) in [6.45, 7) is 4.66. The zero-order valence-corrected chi connectivity index (χ0v) is 16.8. The second-order valence-electron chi connectivity index (χ2n) is 8.11. The fourth-order valence-corrected chi connectivity index (χ4v) is 3.96. The number of nitrogens with one attached hydrogen (secondary N) is 1. The predicted octanol–water partition coefficient (Wildman–Crippen LogP) is 4.48. The molecule has 1 N–H and O–H groups in total. The Bertz CT molecular complexity index is 892. The summed E-state index contributed by atoms with van der Waals surface area (Å²) in [6, 6.07) is 10.0. The Balaban J connectivity index is 1.39. The third-order valence-corrected chi connectivity index (χ3v) is 5.75. The highest BCUT2D eigenvalue weighted by Crippen LogP contribution is 2.29. The maximum atomic E-state index is 14.0. The van der Waals surface area contributed by atoms with Crippen LogP contribution in [0.3, 0.4) is 0 Å². The molecule has 154 valence electrons. The minimum absolute atomic E-state index is 0.114. The van der Waals surface area contributed by atoms with E-state index >= 15 is 0 Å². The number of rotatable bonds is 7. The van der Waals surface area contributed by atoms with E-state index in [0.29, 0.717) is 12.1 Å². The SMILES string of the molecule is Cc1cc(N2CCCC2)ccc1NC(=O)CN(Cc1ccc(F)cc1F)C1CC1. The van der Waals surface area contributed by atoms with E-state index in [1.165, 1.54) is 30.7 Å². The zero-order chi connectivity index (χ0) is 20.4. The van der Waals surface area contributed by atoms with E-state index in [0.717, 1.165) is 43.2 Å². The summed E-state index contributed by atoms with van der Waals surface area (Å²) in [4.78, 5) is 17.0. The van der Waals surface area contributed by atoms with Gasteiger partial charge in [-0.1, -0.05) is 6.07 Å². The molecule has 0 aromatic heterocycles. The van der Waals surface area contributed by atoms with Crippen LogP contribution in [0.1, 0.15) is 36.8 Å². The third-order valence-electron chi connectivity index (χ3n) is 5.75. The standard InChI is InChI=1S/C23H27F2N3O/c1-16-12-20(27-10-2-3-11-27)8-9-22(16)26-23(29)15-28(19-6-7-19)14-17-4-5-18(24)13-21(17)25/h4-5,8-9,12-13,19H,2-3,6-7,10-11,14-15H2,1H3,(H,26,29). The van der Waals surface area contributed by atoms with Crippen molar-refractivity contribution in [1.82, 2.24) is 4.90 Å². The molecule has 2 aromatic rings. The van der Waals surface area contributed by atoms with Gasteiger partial charge in [0, 0.05) is 48.7 Å². The summed E-state index contributed by atoms with van der Waals surface area (Å²) in [5.41, 5.74) is 3.45. The molecule has 1 saturated heterocycles. The van der Waals surface area contributed by atoms with Crippen LogP contribution in [0, 0.1) is 18.6 Å². The van der Waals surface area contributed by atoms with Gasteiger partial charge in [0.1, 0.15) is 11.6 Å². The van der Waals surface area contributed by atoms with Gasteiger partial charge in [-0.25, -0.2) is 8.78 Å². The molecule has 2 aromatic carbocycles. The van der Waals surface area contributed by atoms with Crippen molar-refractivity contribution in [2.75, 3.05) is 29.9 Å². The number of halogens is 2. The number of aryl methyl sites for hydroxylation is 1. The highest BCUT2D eigenvalue weighted by molar-refractivity contribution is 5.93. The summed E-state index contributed by atoms with van der Waals surface area (Å²) < 4.78 is 27.2. The lowest BCUT2D eigenvalue weighted by molar-refractivity contribution is -0.117. The van der Waals surface area contributed by atoms with Crippen molar-refractivity contribution >= 4 is 17.3 Å². The molecule has 1 heterocycles. The number of hydrogen-bond donors (Lipinski definition) is 1. The molecule has 1 amide bonds. The molecule has 4 nitrogen and oxygen atoms in total. The van der Waals surface area contributed by atoms with E-state index in [9.17, 15) is 13.6 Å². The first-order valence-corrected chi connectivity index (χ1v) is 10.3. The smallest absolute Gasteiger partial charge is 0.238 e. The average Bonchev–Trinajstić information content (AvgIpc) is 3.39. The highest BCUT2D eigenvalue weighted by atomic mass is 19.1. The molecular weight excluding hydrogens is 372 g/mol. The van der Waals surface area contributed by atoms with Crippen LogP contribution in [0.4, 0.5) is 20.2 Å². The minimum atomic E-state index is -0.588. The van der Waals surface area contributed by atoms with Crippen LogP contribution in [0.2, 0.25) is 0 Å². The number of carbonyl (C=O) groups excluding carboxylic acids is 1. The lowest BCUT2D eigenvalue weighted by atomic mass is 10.1. The summed E-state index contributed by atoms with van der Waals surface area (Å²) in [5.74, 6) is -1.27. The van der Waals surface area contributed by atoms with E-state index in [2.05, 4.69) is 22.3 Å². The normalized spacial score (nSPS) is 16.5. The molecule has 0 unspecified atom stereocenters. The van der Waals surface area contributed by atoms with Crippen molar-refractivity contribution in [2.24, 2.45) is 0 Å². The highest BCUT2D eigenvalue weighted by Gasteiger charge is 2.31. The van der Waals surface area contributed by atoms with Gasteiger partial charge in [0.2, 0.25) is 5.91 Å². The lowest BCUT2D eigenvalue weighted by Crippen LogP contribution is -2.35. The molecule has 4 rings (SSSR count). The molecule has 2 fully saturated rings. The fourth-order valence-electron chi connectivity index (χ4n) is 3.96. The van der Waals surface area contributed by atoms with Crippen molar-refractivity contribution in [3.8, 4) is 0 Å². The summed E-state index contributed by atoms with van der Waals surface area (Å²) >= 11 is 0. The first-order chi connectivity index (χ1) is 14.0. The van der Waals surface area contributed by atoms with Gasteiger partial charge in [-0.2, -0.15) is 0 Å². The Morgan fingerprint density at radius 1 is 1.14 bits per heavy atom.